The Kier molecular flexibility index (Phi) is 5.16. The van der Waals surface area contributed by atoms with E-state index in [1.165, 1.54) is 0 Å². The highest BCUT2D eigenvalue weighted by molar-refractivity contribution is 5.97. The first-order valence-electron chi connectivity index (χ1n) is 5.37. The lowest BCUT2D eigenvalue weighted by atomic mass is 10.2. The van der Waals surface area contributed by atoms with Crippen molar-refractivity contribution in [3.05, 3.63) is 29.8 Å². The normalized spacial score (nSPS) is 9.76. The van der Waals surface area contributed by atoms with E-state index in [1.807, 2.05) is 6.92 Å². The van der Waals surface area contributed by atoms with Gasteiger partial charge in [-0.3, -0.25) is 9.59 Å². The maximum absolute atomic E-state index is 11.4. The average molecular weight is 236 g/mol. The van der Waals surface area contributed by atoms with Crippen LogP contribution in [0.4, 0.5) is 5.69 Å². The topological polar surface area (TPSA) is 67.4 Å². The second-order valence-electron chi connectivity index (χ2n) is 3.35. The minimum Gasteiger partial charge on any atom is -0.372 e. The van der Waals surface area contributed by atoms with Crippen LogP contribution in [-0.4, -0.2) is 32.1 Å². The van der Waals surface area contributed by atoms with Crippen molar-refractivity contribution in [1.29, 1.82) is 0 Å². The van der Waals surface area contributed by atoms with Crippen LogP contribution >= 0.6 is 0 Å². The maximum atomic E-state index is 11.4. The van der Waals surface area contributed by atoms with Gasteiger partial charge < -0.3 is 15.4 Å². The molecule has 92 valence electrons. The van der Waals surface area contributed by atoms with E-state index in [1.54, 1.807) is 31.3 Å². The number of ether oxygens (including phenoxy) is 1. The second kappa shape index (κ2) is 6.65. The number of anilines is 1. The fourth-order valence-electron chi connectivity index (χ4n) is 1.27. The van der Waals surface area contributed by atoms with Crippen molar-refractivity contribution in [1.82, 2.24) is 5.32 Å². The van der Waals surface area contributed by atoms with Gasteiger partial charge in [-0.25, -0.2) is 0 Å². The van der Waals surface area contributed by atoms with E-state index in [4.69, 9.17) is 4.74 Å². The van der Waals surface area contributed by atoms with Gasteiger partial charge in [0.15, 0.2) is 0 Å². The quantitative estimate of drug-likeness (QED) is 0.802. The molecule has 2 N–H and O–H groups in total. The molecule has 0 bridgehead atoms. The van der Waals surface area contributed by atoms with Crippen LogP contribution in [-0.2, 0) is 9.53 Å². The molecule has 5 nitrogen and oxygen atoms in total. The number of hydrogen-bond acceptors (Lipinski definition) is 3. The Morgan fingerprint density at radius 3 is 2.76 bits per heavy atom. The van der Waals surface area contributed by atoms with Gasteiger partial charge in [0, 0.05) is 24.9 Å². The van der Waals surface area contributed by atoms with Gasteiger partial charge >= 0.3 is 0 Å². The van der Waals surface area contributed by atoms with Crippen LogP contribution in [0.5, 0.6) is 0 Å². The number of carbonyl (C=O) groups excluding carboxylic acids is 2. The van der Waals surface area contributed by atoms with Crippen molar-refractivity contribution in [2.75, 3.05) is 25.6 Å². The van der Waals surface area contributed by atoms with E-state index >= 15 is 0 Å². The molecule has 0 aromatic heterocycles. The number of rotatable bonds is 5. The molecular formula is C12H16N2O3. The van der Waals surface area contributed by atoms with Crippen molar-refractivity contribution in [3.8, 4) is 0 Å². The second-order valence-corrected chi connectivity index (χ2v) is 3.35. The molecule has 0 radical (unpaired) electrons. The zero-order valence-electron chi connectivity index (χ0n) is 9.95. The predicted molar refractivity (Wildman–Crippen MR) is 65.0 cm³/mol. The lowest BCUT2D eigenvalue weighted by Crippen LogP contribution is -2.20. The van der Waals surface area contributed by atoms with E-state index in [2.05, 4.69) is 10.6 Å². The third kappa shape index (κ3) is 4.24. The lowest BCUT2D eigenvalue weighted by molar-refractivity contribution is -0.120. The molecule has 2 amide bonds. The third-order valence-corrected chi connectivity index (χ3v) is 2.07. The lowest BCUT2D eigenvalue weighted by Gasteiger charge is -2.06. The van der Waals surface area contributed by atoms with Crippen LogP contribution in [0.1, 0.15) is 17.3 Å². The molecule has 1 rings (SSSR count). The molecule has 0 aliphatic heterocycles. The molecule has 0 aliphatic carbocycles. The molecule has 0 atom stereocenters. The Labute approximate surface area is 100 Å². The molecule has 0 aliphatic rings. The number of benzene rings is 1. The summed E-state index contributed by atoms with van der Waals surface area (Å²) in [4.78, 5) is 22.8. The van der Waals surface area contributed by atoms with Gasteiger partial charge in [-0.15, -0.1) is 0 Å². The van der Waals surface area contributed by atoms with Crippen molar-refractivity contribution < 1.29 is 14.3 Å². The van der Waals surface area contributed by atoms with E-state index in [9.17, 15) is 9.59 Å². The molecule has 5 heteroatoms. The van der Waals surface area contributed by atoms with Gasteiger partial charge in [0.1, 0.15) is 6.61 Å². The Morgan fingerprint density at radius 1 is 1.35 bits per heavy atom. The smallest absolute Gasteiger partial charge is 0.251 e. The fourth-order valence-corrected chi connectivity index (χ4v) is 1.27. The summed E-state index contributed by atoms with van der Waals surface area (Å²) in [6.45, 7) is 2.33. The largest absolute Gasteiger partial charge is 0.372 e. The summed E-state index contributed by atoms with van der Waals surface area (Å²) in [5, 5.41) is 5.17. The summed E-state index contributed by atoms with van der Waals surface area (Å²) < 4.78 is 4.98. The number of carbonyl (C=O) groups is 2. The van der Waals surface area contributed by atoms with Crippen LogP contribution in [0.25, 0.3) is 0 Å². The third-order valence-electron chi connectivity index (χ3n) is 2.07. The molecule has 1 aromatic carbocycles. The highest BCUT2D eigenvalue weighted by atomic mass is 16.5. The van der Waals surface area contributed by atoms with Gasteiger partial charge in [0.2, 0.25) is 5.91 Å². The highest BCUT2D eigenvalue weighted by Crippen LogP contribution is 2.10. The van der Waals surface area contributed by atoms with Gasteiger partial charge in [0.25, 0.3) is 5.91 Å². The van der Waals surface area contributed by atoms with Gasteiger partial charge in [-0.2, -0.15) is 0 Å². The van der Waals surface area contributed by atoms with Crippen molar-refractivity contribution in [2.24, 2.45) is 0 Å². The summed E-state index contributed by atoms with van der Waals surface area (Å²) in [6, 6.07) is 6.72. The maximum Gasteiger partial charge on any atom is 0.251 e. The van der Waals surface area contributed by atoms with Gasteiger partial charge in [-0.05, 0) is 25.1 Å². The van der Waals surface area contributed by atoms with Crippen molar-refractivity contribution >= 4 is 17.5 Å². The summed E-state index contributed by atoms with van der Waals surface area (Å²) in [5.41, 5.74) is 1.08. The van der Waals surface area contributed by atoms with E-state index in [0.717, 1.165) is 0 Å². The molecule has 0 heterocycles. The Morgan fingerprint density at radius 2 is 2.12 bits per heavy atom. The first kappa shape index (κ1) is 13.2. The van der Waals surface area contributed by atoms with E-state index in [0.29, 0.717) is 17.9 Å². The first-order chi connectivity index (χ1) is 8.17. The molecule has 1 aromatic rings. The van der Waals surface area contributed by atoms with Crippen LogP contribution in [0, 0.1) is 0 Å². The van der Waals surface area contributed by atoms with Crippen LogP contribution < -0.4 is 10.6 Å². The van der Waals surface area contributed by atoms with Crippen LogP contribution in [0.3, 0.4) is 0 Å². The van der Waals surface area contributed by atoms with Crippen molar-refractivity contribution in [3.63, 3.8) is 0 Å². The zero-order chi connectivity index (χ0) is 12.7. The van der Waals surface area contributed by atoms with Gasteiger partial charge in [0.05, 0.1) is 0 Å². The molecule has 0 saturated carbocycles. The molecule has 17 heavy (non-hydrogen) atoms. The molecule has 0 saturated heterocycles. The Bertz CT molecular complexity index is 404. The molecule has 0 fully saturated rings. The fraction of sp³-hybridized carbons (Fsp3) is 0.333. The SMILES string of the molecule is CCOCC(=O)Nc1cccc(C(=O)NC)c1. The van der Waals surface area contributed by atoms with E-state index < -0.39 is 0 Å². The van der Waals surface area contributed by atoms with Crippen molar-refractivity contribution in [2.45, 2.75) is 6.92 Å². The van der Waals surface area contributed by atoms with E-state index in [-0.39, 0.29) is 18.4 Å². The first-order valence-corrected chi connectivity index (χ1v) is 5.37. The number of nitrogens with one attached hydrogen (secondary N) is 2. The monoisotopic (exact) mass is 236 g/mol. The van der Waals surface area contributed by atoms with Gasteiger partial charge in [-0.1, -0.05) is 6.07 Å². The minimum absolute atomic E-state index is 0.0146. The average Bonchev–Trinajstić information content (AvgIpc) is 2.35. The predicted octanol–water partition coefficient (Wildman–Crippen LogP) is 1.02. The Hall–Kier alpha value is -1.88. The standard InChI is InChI=1S/C12H16N2O3/c1-3-17-8-11(15)14-10-6-4-5-9(7-10)12(16)13-2/h4-7H,3,8H2,1-2H3,(H,13,16)(H,14,15). The Balaban J connectivity index is 2.65. The summed E-state index contributed by atoms with van der Waals surface area (Å²) in [6.07, 6.45) is 0. The highest BCUT2D eigenvalue weighted by Gasteiger charge is 2.06. The summed E-state index contributed by atoms with van der Waals surface area (Å²) >= 11 is 0. The molecular weight excluding hydrogens is 220 g/mol. The summed E-state index contributed by atoms with van der Waals surface area (Å²) in [5.74, 6) is -0.424. The number of hydrogen-bond donors (Lipinski definition) is 2. The van der Waals surface area contributed by atoms with Crippen LogP contribution in [0.15, 0.2) is 24.3 Å². The van der Waals surface area contributed by atoms with Crippen LogP contribution in [0.2, 0.25) is 0 Å². The minimum atomic E-state index is -0.235. The molecule has 0 unspecified atom stereocenters. The molecule has 0 spiro atoms. The zero-order valence-corrected chi connectivity index (χ0v) is 9.95. The summed E-state index contributed by atoms with van der Waals surface area (Å²) in [7, 11) is 1.56. The number of amides is 2.